The molecule has 3 nitrogen and oxygen atoms in total. The smallest absolute Gasteiger partial charge is 0.216 e. The maximum absolute atomic E-state index is 9.07. The Morgan fingerprint density at radius 3 is 2.67 bits per heavy atom. The summed E-state index contributed by atoms with van der Waals surface area (Å²) in [6, 6.07) is 0. The molecule has 9 heavy (non-hydrogen) atoms. The number of hydrogen-bond donors (Lipinski definition) is 1. The lowest BCUT2D eigenvalue weighted by atomic mass is 10.2. The van der Waals surface area contributed by atoms with E-state index < -0.39 is 6.41 Å². The van der Waals surface area contributed by atoms with Gasteiger partial charge in [-0.1, -0.05) is 0 Å². The molecule has 1 saturated heterocycles. The Morgan fingerprint density at radius 2 is 2.33 bits per heavy atom. The Kier molecular flexibility index (Phi) is 2.45. The molecule has 0 aromatic heterocycles. The van der Waals surface area contributed by atoms with E-state index in [2.05, 4.69) is 0 Å². The molecule has 0 saturated carbocycles. The van der Waals surface area contributed by atoms with E-state index in [1.807, 2.05) is 11.8 Å². The van der Waals surface area contributed by atoms with E-state index in [0.717, 1.165) is 13.1 Å². The van der Waals surface area contributed by atoms with Crippen molar-refractivity contribution in [2.24, 2.45) is 0 Å². The zero-order valence-electron chi connectivity index (χ0n) is 5.71. The van der Waals surface area contributed by atoms with Crippen molar-refractivity contribution < 1.29 is 9.84 Å². The van der Waals surface area contributed by atoms with E-state index in [1.54, 1.807) is 0 Å². The van der Waals surface area contributed by atoms with E-state index in [1.165, 1.54) is 6.42 Å². The molecule has 0 spiro atoms. The van der Waals surface area contributed by atoms with Crippen LogP contribution in [0, 0.1) is 0 Å². The van der Waals surface area contributed by atoms with E-state index >= 15 is 0 Å². The molecule has 1 aliphatic rings. The van der Waals surface area contributed by atoms with Crippen LogP contribution in [0.5, 0.6) is 0 Å². The highest BCUT2D eigenvalue weighted by Gasteiger charge is 2.21. The number of aliphatic hydroxyl groups excluding tert-OH is 1. The van der Waals surface area contributed by atoms with Gasteiger partial charge in [0.25, 0.3) is 0 Å². The number of likely N-dealkylation sites (tertiary alicyclic amines) is 1. The standard InChI is InChI=1S/C6H13NO2/c1-2-9-6(8)7-4-3-5-7/h6,8H,2-5H2,1H3. The molecule has 0 amide bonds. The average Bonchev–Trinajstić information content (AvgIpc) is 1.60. The molecule has 1 aliphatic heterocycles. The fourth-order valence-corrected chi connectivity index (χ4v) is 0.816. The van der Waals surface area contributed by atoms with Crippen LogP contribution in [0.2, 0.25) is 0 Å². The third kappa shape index (κ3) is 1.64. The van der Waals surface area contributed by atoms with Gasteiger partial charge in [0.1, 0.15) is 0 Å². The van der Waals surface area contributed by atoms with E-state index in [4.69, 9.17) is 9.84 Å². The number of hydrogen-bond acceptors (Lipinski definition) is 3. The van der Waals surface area contributed by atoms with Gasteiger partial charge in [0, 0.05) is 19.7 Å². The van der Waals surface area contributed by atoms with Crippen molar-refractivity contribution in [3.05, 3.63) is 0 Å². The molecule has 1 rings (SSSR count). The van der Waals surface area contributed by atoms with Crippen LogP contribution in [-0.2, 0) is 4.74 Å². The third-order valence-corrected chi connectivity index (χ3v) is 1.52. The molecular formula is C6H13NO2. The summed E-state index contributed by atoms with van der Waals surface area (Å²) in [5.74, 6) is 0. The zero-order chi connectivity index (χ0) is 6.69. The first-order chi connectivity index (χ1) is 4.34. The van der Waals surface area contributed by atoms with Gasteiger partial charge in [-0.3, -0.25) is 4.90 Å². The molecule has 1 atom stereocenters. The van der Waals surface area contributed by atoms with E-state index in [-0.39, 0.29) is 0 Å². The molecule has 1 fully saturated rings. The predicted octanol–water partition coefficient (Wildman–Crippen LogP) is 0.00450. The lowest BCUT2D eigenvalue weighted by Crippen LogP contribution is -2.46. The molecule has 0 bridgehead atoms. The first-order valence-corrected chi connectivity index (χ1v) is 3.38. The maximum atomic E-state index is 9.07. The number of aliphatic hydroxyl groups is 1. The number of ether oxygens (including phenoxy) is 1. The Bertz CT molecular complexity index is 83.1. The largest absolute Gasteiger partial charge is 0.356 e. The van der Waals surface area contributed by atoms with Crippen LogP contribution in [0.1, 0.15) is 13.3 Å². The van der Waals surface area contributed by atoms with Gasteiger partial charge >= 0.3 is 0 Å². The van der Waals surface area contributed by atoms with Gasteiger partial charge in [0.15, 0.2) is 0 Å². The average molecular weight is 131 g/mol. The lowest BCUT2D eigenvalue weighted by Gasteiger charge is -2.34. The summed E-state index contributed by atoms with van der Waals surface area (Å²) < 4.78 is 4.93. The monoisotopic (exact) mass is 131 g/mol. The minimum absolute atomic E-state index is 0.581. The topological polar surface area (TPSA) is 32.7 Å². The van der Waals surface area contributed by atoms with E-state index in [0.29, 0.717) is 6.61 Å². The first kappa shape index (κ1) is 6.99. The second kappa shape index (κ2) is 3.15. The first-order valence-electron chi connectivity index (χ1n) is 3.38. The van der Waals surface area contributed by atoms with Crippen molar-refractivity contribution in [1.29, 1.82) is 0 Å². The Labute approximate surface area is 55.2 Å². The van der Waals surface area contributed by atoms with Gasteiger partial charge < -0.3 is 9.84 Å². The molecule has 54 valence electrons. The molecule has 1 heterocycles. The minimum atomic E-state index is -0.649. The molecule has 0 aromatic carbocycles. The van der Waals surface area contributed by atoms with Gasteiger partial charge in [-0.25, -0.2) is 0 Å². The summed E-state index contributed by atoms with van der Waals surface area (Å²) in [7, 11) is 0. The van der Waals surface area contributed by atoms with Crippen LogP contribution in [0.4, 0.5) is 0 Å². The summed E-state index contributed by atoms with van der Waals surface area (Å²) in [4.78, 5) is 1.89. The van der Waals surface area contributed by atoms with Crippen molar-refractivity contribution in [2.75, 3.05) is 19.7 Å². The molecule has 0 radical (unpaired) electrons. The van der Waals surface area contributed by atoms with Crippen molar-refractivity contribution in [2.45, 2.75) is 19.8 Å². The summed E-state index contributed by atoms with van der Waals surface area (Å²) in [5, 5.41) is 9.07. The second-order valence-electron chi connectivity index (χ2n) is 2.17. The van der Waals surface area contributed by atoms with Crippen LogP contribution in [0.15, 0.2) is 0 Å². The fourth-order valence-electron chi connectivity index (χ4n) is 0.816. The summed E-state index contributed by atoms with van der Waals surface area (Å²) in [6.07, 6.45) is 0.535. The highest BCUT2D eigenvalue weighted by Crippen LogP contribution is 2.09. The van der Waals surface area contributed by atoms with Gasteiger partial charge in [0.05, 0.1) is 0 Å². The van der Waals surface area contributed by atoms with E-state index in [9.17, 15) is 0 Å². The normalized spacial score (nSPS) is 23.3. The molecular weight excluding hydrogens is 118 g/mol. The zero-order valence-corrected chi connectivity index (χ0v) is 5.71. The van der Waals surface area contributed by atoms with Gasteiger partial charge in [-0.2, -0.15) is 0 Å². The molecule has 1 N–H and O–H groups in total. The van der Waals surface area contributed by atoms with Gasteiger partial charge in [-0.05, 0) is 13.3 Å². The molecule has 0 aliphatic carbocycles. The van der Waals surface area contributed by atoms with Crippen molar-refractivity contribution >= 4 is 0 Å². The Morgan fingerprint density at radius 1 is 1.67 bits per heavy atom. The Balaban J connectivity index is 2.08. The molecule has 1 unspecified atom stereocenters. The number of rotatable bonds is 3. The fraction of sp³-hybridized carbons (Fsp3) is 1.00. The summed E-state index contributed by atoms with van der Waals surface area (Å²) in [5.41, 5.74) is 0. The minimum Gasteiger partial charge on any atom is -0.356 e. The molecule has 3 heteroatoms. The SMILES string of the molecule is CCOC(O)N1CCC1. The predicted molar refractivity (Wildman–Crippen MR) is 33.8 cm³/mol. The molecule has 0 aromatic rings. The summed E-state index contributed by atoms with van der Waals surface area (Å²) >= 11 is 0. The quantitative estimate of drug-likeness (QED) is 0.547. The highest BCUT2D eigenvalue weighted by molar-refractivity contribution is 4.66. The summed E-state index contributed by atoms with van der Waals surface area (Å²) in [6.45, 7) is 4.41. The number of nitrogens with zero attached hydrogens (tertiary/aromatic N) is 1. The second-order valence-corrected chi connectivity index (χ2v) is 2.17. The van der Waals surface area contributed by atoms with Gasteiger partial charge in [-0.15, -0.1) is 0 Å². The van der Waals surface area contributed by atoms with Crippen LogP contribution in [0.25, 0.3) is 0 Å². The van der Waals surface area contributed by atoms with Crippen LogP contribution >= 0.6 is 0 Å². The van der Waals surface area contributed by atoms with Crippen molar-refractivity contribution in [1.82, 2.24) is 4.90 Å². The van der Waals surface area contributed by atoms with Crippen LogP contribution in [-0.4, -0.2) is 36.1 Å². The highest BCUT2D eigenvalue weighted by atomic mass is 16.6. The maximum Gasteiger partial charge on any atom is 0.216 e. The van der Waals surface area contributed by atoms with Crippen LogP contribution in [0.3, 0.4) is 0 Å². The lowest BCUT2D eigenvalue weighted by molar-refractivity contribution is -0.208. The third-order valence-electron chi connectivity index (χ3n) is 1.52. The van der Waals surface area contributed by atoms with Gasteiger partial charge in [0.2, 0.25) is 6.41 Å². The van der Waals surface area contributed by atoms with Crippen LogP contribution < -0.4 is 0 Å². The van der Waals surface area contributed by atoms with Crippen molar-refractivity contribution in [3.63, 3.8) is 0 Å². The Hall–Kier alpha value is -0.120. The van der Waals surface area contributed by atoms with Crippen molar-refractivity contribution in [3.8, 4) is 0 Å².